The van der Waals surface area contributed by atoms with E-state index in [1.165, 1.54) is 20.8 Å². The van der Waals surface area contributed by atoms with Gasteiger partial charge in [-0.3, -0.25) is 0 Å². The summed E-state index contributed by atoms with van der Waals surface area (Å²) < 4.78 is 80.1. The monoisotopic (exact) mass is 406 g/mol. The molecule has 0 aliphatic carbocycles. The second-order valence-electron chi connectivity index (χ2n) is 7.71. The minimum absolute atomic E-state index is 0.239. The summed E-state index contributed by atoms with van der Waals surface area (Å²) in [5, 5.41) is -8.21. The first-order valence-electron chi connectivity index (χ1n) is 7.84. The second kappa shape index (κ2) is 7.16. The maximum absolute atomic E-state index is 12.8. The lowest BCUT2D eigenvalue weighted by Crippen LogP contribution is -2.90. The first-order valence-corrected chi connectivity index (χ1v) is 7.84. The van der Waals surface area contributed by atoms with Gasteiger partial charge in [0.1, 0.15) is 0 Å². The highest BCUT2D eigenvalue weighted by Crippen LogP contribution is 2.43. The Morgan fingerprint density at radius 1 is 0.897 bits per heavy atom. The van der Waals surface area contributed by atoms with Crippen molar-refractivity contribution in [3.8, 4) is 0 Å². The number of ether oxygens (including phenoxy) is 1. The van der Waals surface area contributed by atoms with Gasteiger partial charge in [0.2, 0.25) is 0 Å². The van der Waals surface area contributed by atoms with Crippen LogP contribution in [0, 0.1) is 0 Å². The number of piperazine rings is 1. The van der Waals surface area contributed by atoms with E-state index in [2.05, 4.69) is 4.74 Å². The molecule has 1 aliphatic heterocycles. The minimum atomic E-state index is -6.02. The normalized spacial score (nSPS) is 25.0. The molecule has 1 atom stereocenters. The van der Waals surface area contributed by atoms with Crippen molar-refractivity contribution in [3.63, 3.8) is 0 Å². The van der Waals surface area contributed by atoms with Gasteiger partial charge < -0.3 is 14.5 Å². The molecule has 1 saturated heterocycles. The van der Waals surface area contributed by atoms with Crippen LogP contribution in [0.15, 0.2) is 0 Å². The lowest BCUT2D eigenvalue weighted by molar-refractivity contribution is -0.309. The van der Waals surface area contributed by atoms with Crippen molar-refractivity contribution in [2.75, 3.05) is 0 Å². The fraction of sp³-hybridized carbons (Fsp3) is 0.917. The highest BCUT2D eigenvalue weighted by atomic mass is 19.4. The van der Waals surface area contributed by atoms with Gasteiger partial charge in [-0.15, -0.1) is 0 Å². The smallest absolute Gasteiger partial charge is 0.427 e. The first-order chi connectivity index (χ1) is 12.4. The third-order valence-corrected chi connectivity index (χ3v) is 4.27. The Morgan fingerprint density at radius 3 is 1.59 bits per heavy atom. The predicted molar refractivity (Wildman–Crippen MR) is 98.1 cm³/mol. The summed E-state index contributed by atoms with van der Waals surface area (Å²) in [4.78, 5) is 13.0. The Kier molecular flexibility index (Phi) is 6.49. The number of carbonyl (C=O) groups is 1. The molecule has 1 rings (SSSR count). The zero-order chi connectivity index (χ0) is 23.6. The van der Waals surface area contributed by atoms with Crippen LogP contribution >= 0.6 is 0 Å². The van der Waals surface area contributed by atoms with Crippen molar-refractivity contribution < 1.29 is 35.9 Å². The fourth-order valence-corrected chi connectivity index (χ4v) is 3.02. The first kappa shape index (κ1) is 26.3. The van der Waals surface area contributed by atoms with Crippen molar-refractivity contribution in [2.45, 2.75) is 66.7 Å². The number of rotatable bonds is 1. The summed E-state index contributed by atoms with van der Waals surface area (Å²) in [6, 6.07) is 0. The maximum Gasteiger partial charge on any atom is 0.434 e. The molecule has 1 aliphatic rings. The quantitative estimate of drug-likeness (QED) is 0.436. The van der Waals surface area contributed by atoms with Crippen LogP contribution in [0.2, 0.25) is 0 Å². The van der Waals surface area contributed by atoms with Crippen LogP contribution in [0.1, 0.15) is 20.8 Å². The molecule has 1 unspecified atom stereocenters. The summed E-state index contributed by atoms with van der Waals surface area (Å²) in [7, 11) is 40.7. The van der Waals surface area contributed by atoms with Crippen LogP contribution in [-0.4, -0.2) is 117 Å². The van der Waals surface area contributed by atoms with Crippen LogP contribution < -0.4 is 0 Å². The molecule has 0 spiro atoms. The van der Waals surface area contributed by atoms with Crippen molar-refractivity contribution >= 4 is 61.0 Å². The van der Waals surface area contributed by atoms with Gasteiger partial charge in [0.25, 0.3) is 6.10 Å². The van der Waals surface area contributed by atoms with E-state index in [0.717, 1.165) is 4.90 Å². The number of hydrogen-bond acceptors (Lipinski definition) is 3. The van der Waals surface area contributed by atoms with Crippen LogP contribution in [0.3, 0.4) is 0 Å². The molecule has 0 saturated carbocycles. The molecule has 144 valence electrons. The lowest BCUT2D eigenvalue weighted by atomic mass is 9.31. The Labute approximate surface area is 174 Å². The summed E-state index contributed by atoms with van der Waals surface area (Å²) in [6.45, 7) is 4.51. The van der Waals surface area contributed by atoms with Gasteiger partial charge in [-0.2, -0.15) is 26.3 Å². The van der Waals surface area contributed by atoms with Gasteiger partial charge in [0, 0.05) is 5.54 Å². The van der Waals surface area contributed by atoms with E-state index in [1.807, 2.05) is 0 Å². The molecule has 1 fully saturated rings. The van der Waals surface area contributed by atoms with E-state index < -0.39 is 52.0 Å². The topological polar surface area (TPSA) is 32.8 Å². The van der Waals surface area contributed by atoms with Crippen LogP contribution in [0.4, 0.5) is 31.1 Å². The van der Waals surface area contributed by atoms with Crippen molar-refractivity contribution in [1.29, 1.82) is 0 Å². The molecule has 14 radical (unpaired) electrons. The van der Waals surface area contributed by atoms with E-state index in [-0.39, 0.29) is 4.90 Å². The highest BCUT2D eigenvalue weighted by Gasteiger charge is 2.63. The Bertz CT molecular complexity index is 636. The average Bonchev–Trinajstić information content (AvgIpc) is 2.38. The molecule has 1 amide bonds. The minimum Gasteiger partial charge on any atom is -0.427 e. The van der Waals surface area contributed by atoms with E-state index >= 15 is 0 Å². The number of carbonyl (C=O) groups excluding carboxylic acids is 1. The standard InChI is InChI=1S/C12H11B7F6N2O2/c1-7(2,3)26-5(13)8(14,15)27(12(18,19)11(26,16)17)6(28)29-4(9(20,21)22)10(23,24)25/h4-5H,1-3H3. The average molecular weight is 405 g/mol. The summed E-state index contributed by atoms with van der Waals surface area (Å²) in [5.41, 5.74) is -1.08. The molecular formula is C12H11B7F6N2O2. The summed E-state index contributed by atoms with van der Waals surface area (Å²) in [5.74, 6) is -1.75. The largest absolute Gasteiger partial charge is 0.434 e. The highest BCUT2D eigenvalue weighted by molar-refractivity contribution is 6.57. The van der Waals surface area contributed by atoms with E-state index in [9.17, 15) is 31.1 Å². The van der Waals surface area contributed by atoms with Crippen LogP contribution in [0.25, 0.3) is 0 Å². The van der Waals surface area contributed by atoms with E-state index in [4.69, 9.17) is 54.9 Å². The molecule has 0 aromatic heterocycles. The Balaban J connectivity index is 3.53. The number of amides is 1. The van der Waals surface area contributed by atoms with Gasteiger partial charge in [-0.25, -0.2) is 4.79 Å². The van der Waals surface area contributed by atoms with E-state index in [1.54, 1.807) is 0 Å². The molecule has 0 aromatic carbocycles. The number of nitrogens with zero attached hydrogens (tertiary/aromatic N) is 2. The zero-order valence-corrected chi connectivity index (χ0v) is 15.7. The lowest BCUT2D eigenvalue weighted by Gasteiger charge is -2.73. The maximum atomic E-state index is 12.8. The molecule has 29 heavy (non-hydrogen) atoms. The van der Waals surface area contributed by atoms with Crippen LogP contribution in [-0.2, 0) is 4.74 Å². The Hall–Kier alpha value is -0.735. The summed E-state index contributed by atoms with van der Waals surface area (Å²) >= 11 is 0. The van der Waals surface area contributed by atoms with Crippen LogP contribution in [0.5, 0.6) is 0 Å². The number of halogens is 6. The fourth-order valence-electron chi connectivity index (χ4n) is 3.02. The van der Waals surface area contributed by atoms with Gasteiger partial charge >= 0.3 is 18.4 Å². The molecule has 4 nitrogen and oxygen atoms in total. The molecule has 0 bridgehead atoms. The second-order valence-corrected chi connectivity index (χ2v) is 7.71. The third kappa shape index (κ3) is 4.49. The molecule has 1 heterocycles. The van der Waals surface area contributed by atoms with Gasteiger partial charge in [0.15, 0.2) is 0 Å². The Morgan fingerprint density at radius 2 is 1.28 bits per heavy atom. The van der Waals surface area contributed by atoms with Gasteiger partial charge in [-0.1, -0.05) is 0 Å². The number of alkyl halides is 6. The predicted octanol–water partition coefficient (Wildman–Crippen LogP) is -0.501. The zero-order valence-electron chi connectivity index (χ0n) is 15.7. The molecular weight excluding hydrogens is 394 g/mol. The molecule has 17 heteroatoms. The van der Waals surface area contributed by atoms with Crippen molar-refractivity contribution in [2.24, 2.45) is 0 Å². The van der Waals surface area contributed by atoms with E-state index in [0.29, 0.717) is 0 Å². The number of hydrogen-bond donors (Lipinski definition) is 0. The molecule has 0 aromatic rings. The SMILES string of the molecule is [B]C1N(C(C)(C)C)C([B])([B])C([B])([B])N(C(=O)OC(C(F)(F)F)C(F)(F)F)C1([B])[B]. The van der Waals surface area contributed by atoms with Gasteiger partial charge in [0.05, 0.1) is 54.9 Å². The summed E-state index contributed by atoms with van der Waals surface area (Å²) in [6.07, 6.45) is -19.0. The molecule has 0 N–H and O–H groups in total. The van der Waals surface area contributed by atoms with Crippen molar-refractivity contribution in [3.05, 3.63) is 0 Å². The van der Waals surface area contributed by atoms with Crippen molar-refractivity contribution in [1.82, 2.24) is 9.80 Å². The van der Waals surface area contributed by atoms with Gasteiger partial charge in [-0.05, 0) is 42.7 Å². The third-order valence-electron chi connectivity index (χ3n) is 4.27.